The van der Waals surface area contributed by atoms with Crippen LogP contribution in [-0.4, -0.2) is 46.7 Å². The first-order valence-corrected chi connectivity index (χ1v) is 7.73. The molecule has 1 saturated heterocycles. The molecule has 116 valence electrons. The summed E-state index contributed by atoms with van der Waals surface area (Å²) in [6, 6.07) is 0.616. The SMILES string of the molecule is CC1CCC(CN)CN1CC(=O)Nc1nnc(C2CC2)o1. The van der Waals surface area contributed by atoms with Gasteiger partial charge in [-0.1, -0.05) is 5.10 Å². The second-order valence-corrected chi connectivity index (χ2v) is 6.23. The lowest BCUT2D eigenvalue weighted by atomic mass is 9.93. The number of aromatic nitrogens is 2. The fourth-order valence-electron chi connectivity index (χ4n) is 2.80. The lowest BCUT2D eigenvalue weighted by Gasteiger charge is -2.36. The molecule has 1 aromatic heterocycles. The molecule has 1 aromatic rings. The molecule has 2 fully saturated rings. The molecule has 0 bridgehead atoms. The molecule has 2 heterocycles. The molecule has 2 aliphatic rings. The van der Waals surface area contributed by atoms with Crippen molar-refractivity contribution in [1.29, 1.82) is 0 Å². The van der Waals surface area contributed by atoms with Crippen LogP contribution in [0.15, 0.2) is 4.42 Å². The van der Waals surface area contributed by atoms with E-state index in [2.05, 4.69) is 27.3 Å². The number of hydrogen-bond acceptors (Lipinski definition) is 6. The van der Waals surface area contributed by atoms with Crippen molar-refractivity contribution in [3.05, 3.63) is 5.89 Å². The summed E-state index contributed by atoms with van der Waals surface area (Å²) in [6.07, 6.45) is 4.43. The maximum atomic E-state index is 12.1. The minimum atomic E-state index is -0.106. The number of nitrogens with zero attached hydrogens (tertiary/aromatic N) is 3. The van der Waals surface area contributed by atoms with E-state index in [1.165, 1.54) is 0 Å². The van der Waals surface area contributed by atoms with Gasteiger partial charge in [-0.05, 0) is 45.1 Å². The Labute approximate surface area is 124 Å². The second kappa shape index (κ2) is 6.11. The second-order valence-electron chi connectivity index (χ2n) is 6.23. The number of nitrogens with one attached hydrogen (secondary N) is 1. The maximum absolute atomic E-state index is 12.1. The van der Waals surface area contributed by atoms with Gasteiger partial charge in [0.15, 0.2) is 0 Å². The molecule has 2 atom stereocenters. The van der Waals surface area contributed by atoms with E-state index in [-0.39, 0.29) is 11.9 Å². The fraction of sp³-hybridized carbons (Fsp3) is 0.786. The van der Waals surface area contributed by atoms with Gasteiger partial charge in [-0.25, -0.2) is 0 Å². The highest BCUT2D eigenvalue weighted by atomic mass is 16.4. The van der Waals surface area contributed by atoms with E-state index >= 15 is 0 Å². The first kappa shape index (κ1) is 14.5. The molecule has 3 N–H and O–H groups in total. The van der Waals surface area contributed by atoms with Crippen molar-refractivity contribution in [2.24, 2.45) is 11.7 Å². The molecule has 0 aromatic carbocycles. The van der Waals surface area contributed by atoms with Crippen molar-refractivity contribution < 1.29 is 9.21 Å². The number of rotatable bonds is 5. The van der Waals surface area contributed by atoms with Gasteiger partial charge in [0.05, 0.1) is 6.54 Å². The molecule has 3 rings (SSSR count). The average molecular weight is 293 g/mol. The summed E-state index contributed by atoms with van der Waals surface area (Å²) in [7, 11) is 0. The minimum Gasteiger partial charge on any atom is -0.408 e. The molecule has 21 heavy (non-hydrogen) atoms. The molecule has 0 spiro atoms. The number of carbonyl (C=O) groups is 1. The maximum Gasteiger partial charge on any atom is 0.322 e. The lowest BCUT2D eigenvalue weighted by molar-refractivity contribution is -0.118. The third-order valence-electron chi connectivity index (χ3n) is 4.40. The van der Waals surface area contributed by atoms with Gasteiger partial charge in [0.1, 0.15) is 0 Å². The number of hydrogen-bond donors (Lipinski definition) is 2. The summed E-state index contributed by atoms with van der Waals surface area (Å²) in [6.45, 7) is 4.05. The average Bonchev–Trinajstić information content (AvgIpc) is 3.22. The van der Waals surface area contributed by atoms with Crippen molar-refractivity contribution in [2.75, 3.05) is 25.0 Å². The number of nitrogens with two attached hydrogens (primary N) is 1. The summed E-state index contributed by atoms with van der Waals surface area (Å²) >= 11 is 0. The molecule has 1 aliphatic carbocycles. The zero-order valence-corrected chi connectivity index (χ0v) is 12.4. The van der Waals surface area contributed by atoms with E-state index < -0.39 is 0 Å². The zero-order chi connectivity index (χ0) is 14.8. The molecular weight excluding hydrogens is 270 g/mol. The van der Waals surface area contributed by atoms with Crippen LogP contribution in [0.5, 0.6) is 0 Å². The Balaban J connectivity index is 1.52. The first-order valence-electron chi connectivity index (χ1n) is 7.73. The van der Waals surface area contributed by atoms with E-state index in [9.17, 15) is 4.79 Å². The zero-order valence-electron chi connectivity index (χ0n) is 12.4. The van der Waals surface area contributed by atoms with Gasteiger partial charge in [-0.3, -0.25) is 15.0 Å². The van der Waals surface area contributed by atoms with Crippen LogP contribution in [0, 0.1) is 5.92 Å². The Kier molecular flexibility index (Phi) is 4.21. The highest BCUT2D eigenvalue weighted by Crippen LogP contribution is 2.39. The molecule has 7 nitrogen and oxygen atoms in total. The normalized spacial score (nSPS) is 26.8. The Hall–Kier alpha value is -1.47. The number of piperidine rings is 1. The Morgan fingerprint density at radius 2 is 2.19 bits per heavy atom. The van der Waals surface area contributed by atoms with E-state index in [4.69, 9.17) is 10.2 Å². The van der Waals surface area contributed by atoms with Gasteiger partial charge < -0.3 is 10.2 Å². The van der Waals surface area contributed by atoms with E-state index in [1.54, 1.807) is 0 Å². The van der Waals surface area contributed by atoms with E-state index in [0.29, 0.717) is 36.9 Å². The summed E-state index contributed by atoms with van der Waals surface area (Å²) in [5.74, 6) is 1.42. The highest BCUT2D eigenvalue weighted by molar-refractivity contribution is 5.90. The van der Waals surface area contributed by atoms with Gasteiger partial charge in [0.2, 0.25) is 11.8 Å². The van der Waals surface area contributed by atoms with Crippen LogP contribution in [0.4, 0.5) is 6.01 Å². The lowest BCUT2D eigenvalue weighted by Crippen LogP contribution is -2.47. The van der Waals surface area contributed by atoms with Crippen LogP contribution in [0.25, 0.3) is 0 Å². The van der Waals surface area contributed by atoms with Crippen LogP contribution in [0.3, 0.4) is 0 Å². The molecule has 1 aliphatic heterocycles. The monoisotopic (exact) mass is 293 g/mol. The molecule has 0 radical (unpaired) electrons. The van der Waals surface area contributed by atoms with Gasteiger partial charge in [0.25, 0.3) is 0 Å². The predicted octanol–water partition coefficient (Wildman–Crippen LogP) is 0.945. The Morgan fingerprint density at radius 3 is 2.90 bits per heavy atom. The molecule has 1 amide bonds. The standard InChI is InChI=1S/C14H23N5O2/c1-9-2-3-10(6-15)7-19(9)8-12(20)16-14-18-17-13(21-14)11-4-5-11/h9-11H,2-8,15H2,1H3,(H,16,18,20). The van der Waals surface area contributed by atoms with Crippen molar-refractivity contribution >= 4 is 11.9 Å². The van der Waals surface area contributed by atoms with Crippen LogP contribution in [0.2, 0.25) is 0 Å². The summed E-state index contributed by atoms with van der Waals surface area (Å²) < 4.78 is 5.44. The number of anilines is 1. The first-order chi connectivity index (χ1) is 10.2. The number of carbonyl (C=O) groups excluding carboxylic acids is 1. The van der Waals surface area contributed by atoms with Gasteiger partial charge in [-0.2, -0.15) is 0 Å². The van der Waals surface area contributed by atoms with E-state index in [1.807, 2.05) is 0 Å². The quantitative estimate of drug-likeness (QED) is 0.838. The smallest absolute Gasteiger partial charge is 0.322 e. The van der Waals surface area contributed by atoms with Crippen molar-refractivity contribution in [3.63, 3.8) is 0 Å². The predicted molar refractivity (Wildman–Crippen MR) is 77.7 cm³/mol. The third-order valence-corrected chi connectivity index (χ3v) is 4.40. The molecule has 2 unspecified atom stereocenters. The van der Waals surface area contributed by atoms with Gasteiger partial charge >= 0.3 is 6.01 Å². The molecular formula is C14H23N5O2. The minimum absolute atomic E-state index is 0.106. The third kappa shape index (κ3) is 3.59. The van der Waals surface area contributed by atoms with Crippen LogP contribution in [0.1, 0.15) is 44.4 Å². The molecule has 1 saturated carbocycles. The summed E-state index contributed by atoms with van der Waals surface area (Å²) in [5, 5.41) is 10.5. The summed E-state index contributed by atoms with van der Waals surface area (Å²) in [5.41, 5.74) is 5.74. The number of likely N-dealkylation sites (tertiary alicyclic amines) is 1. The van der Waals surface area contributed by atoms with Crippen LogP contribution in [-0.2, 0) is 4.79 Å². The van der Waals surface area contributed by atoms with Crippen LogP contribution < -0.4 is 11.1 Å². The van der Waals surface area contributed by atoms with Crippen molar-refractivity contribution in [3.8, 4) is 0 Å². The Bertz CT molecular complexity index is 499. The number of amides is 1. The van der Waals surface area contributed by atoms with Crippen molar-refractivity contribution in [1.82, 2.24) is 15.1 Å². The van der Waals surface area contributed by atoms with Gasteiger partial charge in [-0.15, -0.1) is 5.10 Å². The summed E-state index contributed by atoms with van der Waals surface area (Å²) in [4.78, 5) is 14.3. The van der Waals surface area contributed by atoms with Crippen molar-refractivity contribution in [2.45, 2.75) is 44.6 Å². The molecule has 7 heteroatoms. The van der Waals surface area contributed by atoms with Gasteiger partial charge in [0, 0.05) is 18.5 Å². The highest BCUT2D eigenvalue weighted by Gasteiger charge is 2.30. The van der Waals surface area contributed by atoms with E-state index in [0.717, 1.165) is 32.2 Å². The van der Waals surface area contributed by atoms with Crippen LogP contribution >= 0.6 is 0 Å². The topological polar surface area (TPSA) is 97.3 Å². The fourth-order valence-corrected chi connectivity index (χ4v) is 2.80. The largest absolute Gasteiger partial charge is 0.408 e. The Morgan fingerprint density at radius 1 is 1.38 bits per heavy atom.